The first-order chi connectivity index (χ1) is 10.2. The van der Waals surface area contributed by atoms with Gasteiger partial charge in [-0.05, 0) is 24.8 Å². The van der Waals surface area contributed by atoms with Gasteiger partial charge >= 0.3 is 0 Å². The highest BCUT2D eigenvalue weighted by Gasteiger charge is 2.24. The second-order valence-corrected chi connectivity index (χ2v) is 7.19. The molecular formula is C14H14N4OS2. The number of aromatic nitrogens is 4. The van der Waals surface area contributed by atoms with Gasteiger partial charge in [0, 0.05) is 17.7 Å². The Balaban J connectivity index is 2.14. The molecule has 0 N–H and O–H groups in total. The molecule has 4 rings (SSSR count). The van der Waals surface area contributed by atoms with Gasteiger partial charge in [-0.1, -0.05) is 17.8 Å². The molecule has 0 unspecified atom stereocenters. The third-order valence-corrected chi connectivity index (χ3v) is 6.07. The first-order valence-electron chi connectivity index (χ1n) is 6.84. The van der Waals surface area contributed by atoms with Crippen molar-refractivity contribution in [2.24, 2.45) is 7.05 Å². The second kappa shape index (κ2) is 4.71. The van der Waals surface area contributed by atoms with Crippen LogP contribution in [0.2, 0.25) is 0 Å². The van der Waals surface area contributed by atoms with Gasteiger partial charge in [-0.2, -0.15) is 0 Å². The molecule has 3 aromatic heterocycles. The van der Waals surface area contributed by atoms with E-state index in [9.17, 15) is 4.79 Å². The lowest BCUT2D eigenvalue weighted by molar-refractivity contribution is 0.853. The molecule has 1 aliphatic rings. The molecule has 0 atom stereocenters. The van der Waals surface area contributed by atoms with Crippen LogP contribution < -0.4 is 5.56 Å². The van der Waals surface area contributed by atoms with Crippen LogP contribution in [0.3, 0.4) is 0 Å². The third kappa shape index (κ3) is 1.74. The van der Waals surface area contributed by atoms with E-state index in [0.717, 1.165) is 40.4 Å². The lowest BCUT2D eigenvalue weighted by Crippen LogP contribution is -2.20. The lowest BCUT2D eigenvalue weighted by Gasteiger charge is -2.04. The molecule has 0 aromatic carbocycles. The van der Waals surface area contributed by atoms with Gasteiger partial charge in [-0.25, -0.2) is 4.40 Å². The summed E-state index contributed by atoms with van der Waals surface area (Å²) in [5.74, 6) is 1.38. The fourth-order valence-corrected chi connectivity index (χ4v) is 5.01. The van der Waals surface area contributed by atoms with Crippen molar-refractivity contribution in [2.45, 2.75) is 24.4 Å². The molecule has 3 aromatic rings. The Labute approximate surface area is 129 Å². The molecule has 0 saturated carbocycles. The number of hydrogen-bond acceptors (Lipinski definition) is 5. The Morgan fingerprint density at radius 2 is 2.29 bits per heavy atom. The van der Waals surface area contributed by atoms with Crippen molar-refractivity contribution in [3.63, 3.8) is 0 Å². The van der Waals surface area contributed by atoms with E-state index in [-0.39, 0.29) is 5.56 Å². The van der Waals surface area contributed by atoms with Crippen LogP contribution in [-0.2, 0) is 19.9 Å². The maximum atomic E-state index is 12.7. The summed E-state index contributed by atoms with van der Waals surface area (Å²) in [7, 11) is 1.77. The molecular weight excluding hydrogens is 304 g/mol. The fraction of sp³-hybridized carbons (Fsp3) is 0.357. The summed E-state index contributed by atoms with van der Waals surface area (Å²) >= 11 is 3.31. The van der Waals surface area contributed by atoms with Crippen molar-refractivity contribution in [1.29, 1.82) is 0 Å². The van der Waals surface area contributed by atoms with E-state index < -0.39 is 0 Å². The maximum Gasteiger partial charge on any atom is 0.263 e. The Bertz CT molecular complexity index is 934. The van der Waals surface area contributed by atoms with E-state index in [1.54, 1.807) is 34.7 Å². The van der Waals surface area contributed by atoms with Crippen molar-refractivity contribution in [3.8, 4) is 0 Å². The molecule has 7 heteroatoms. The zero-order chi connectivity index (χ0) is 14.6. The summed E-state index contributed by atoms with van der Waals surface area (Å²) < 4.78 is 3.63. The molecule has 0 amide bonds. The van der Waals surface area contributed by atoms with Crippen LogP contribution in [-0.4, -0.2) is 24.9 Å². The van der Waals surface area contributed by atoms with Crippen LogP contribution in [0.25, 0.3) is 16.0 Å². The molecule has 0 aliphatic heterocycles. The number of aryl methyl sites for hydroxylation is 3. The van der Waals surface area contributed by atoms with E-state index in [2.05, 4.69) is 16.8 Å². The first-order valence-corrected chi connectivity index (χ1v) is 8.64. The van der Waals surface area contributed by atoms with Gasteiger partial charge < -0.3 is 0 Å². The zero-order valence-electron chi connectivity index (χ0n) is 11.6. The zero-order valence-corrected chi connectivity index (χ0v) is 13.3. The summed E-state index contributed by atoms with van der Waals surface area (Å²) in [6, 6.07) is 0. The van der Waals surface area contributed by atoms with Crippen molar-refractivity contribution in [3.05, 3.63) is 33.4 Å². The SMILES string of the molecule is C=CCSc1nnc2n(C)c(=O)c3c4c(sc3n12)CCC4. The third-order valence-electron chi connectivity index (χ3n) is 3.87. The van der Waals surface area contributed by atoms with Gasteiger partial charge in [0.25, 0.3) is 5.56 Å². The quantitative estimate of drug-likeness (QED) is 0.550. The number of thiophene rings is 1. The first kappa shape index (κ1) is 13.1. The normalized spacial score (nSPS) is 14.1. The monoisotopic (exact) mass is 318 g/mol. The van der Waals surface area contributed by atoms with Gasteiger partial charge in [0.1, 0.15) is 4.83 Å². The molecule has 1 aliphatic carbocycles. The summed E-state index contributed by atoms with van der Waals surface area (Å²) in [6.45, 7) is 3.74. The number of nitrogens with zero attached hydrogens (tertiary/aromatic N) is 4. The average molecular weight is 318 g/mol. The minimum atomic E-state index is 0.0459. The Morgan fingerprint density at radius 3 is 3.10 bits per heavy atom. The maximum absolute atomic E-state index is 12.7. The smallest absolute Gasteiger partial charge is 0.263 e. The molecule has 21 heavy (non-hydrogen) atoms. The summed E-state index contributed by atoms with van der Waals surface area (Å²) in [5, 5.41) is 10.1. The van der Waals surface area contributed by atoms with Gasteiger partial charge in [0.2, 0.25) is 5.78 Å². The number of fused-ring (bicyclic) bond motifs is 5. The van der Waals surface area contributed by atoms with Crippen LogP contribution in [0.5, 0.6) is 0 Å². The molecule has 108 valence electrons. The van der Waals surface area contributed by atoms with Crippen LogP contribution in [0, 0.1) is 0 Å². The molecule has 0 saturated heterocycles. The lowest BCUT2D eigenvalue weighted by atomic mass is 10.2. The van der Waals surface area contributed by atoms with Crippen molar-refractivity contribution >= 4 is 39.1 Å². The highest BCUT2D eigenvalue weighted by atomic mass is 32.2. The second-order valence-electron chi connectivity index (χ2n) is 5.12. The van der Waals surface area contributed by atoms with Crippen LogP contribution in [0.4, 0.5) is 0 Å². The van der Waals surface area contributed by atoms with E-state index in [4.69, 9.17) is 0 Å². The summed E-state index contributed by atoms with van der Waals surface area (Å²) in [6.07, 6.45) is 5.09. The summed E-state index contributed by atoms with van der Waals surface area (Å²) in [5.41, 5.74) is 1.29. The highest BCUT2D eigenvalue weighted by molar-refractivity contribution is 7.99. The molecule has 0 spiro atoms. The van der Waals surface area contributed by atoms with Crippen LogP contribution in [0.15, 0.2) is 22.6 Å². The topological polar surface area (TPSA) is 52.2 Å². The van der Waals surface area contributed by atoms with Crippen molar-refractivity contribution in [1.82, 2.24) is 19.2 Å². The predicted octanol–water partition coefficient (Wildman–Crippen LogP) is 2.41. The molecule has 0 radical (unpaired) electrons. The number of rotatable bonds is 3. The molecule has 3 heterocycles. The molecule has 5 nitrogen and oxygen atoms in total. The minimum Gasteiger partial charge on any atom is -0.279 e. The Hall–Kier alpha value is -1.60. The van der Waals surface area contributed by atoms with E-state index in [1.165, 1.54) is 10.4 Å². The molecule has 0 fully saturated rings. The highest BCUT2D eigenvalue weighted by Crippen LogP contribution is 2.36. The largest absolute Gasteiger partial charge is 0.279 e. The minimum absolute atomic E-state index is 0.0459. The number of thioether (sulfide) groups is 1. The number of hydrogen-bond donors (Lipinski definition) is 0. The predicted molar refractivity (Wildman–Crippen MR) is 86.6 cm³/mol. The Morgan fingerprint density at radius 1 is 1.43 bits per heavy atom. The van der Waals surface area contributed by atoms with Crippen molar-refractivity contribution in [2.75, 3.05) is 5.75 Å². The Kier molecular flexibility index (Phi) is 2.93. The van der Waals surface area contributed by atoms with E-state index in [1.807, 2.05) is 10.5 Å². The van der Waals surface area contributed by atoms with Gasteiger partial charge in [0.15, 0.2) is 5.16 Å². The average Bonchev–Trinajstić information content (AvgIpc) is 3.15. The summed E-state index contributed by atoms with van der Waals surface area (Å²) in [4.78, 5) is 15.0. The van der Waals surface area contributed by atoms with Crippen molar-refractivity contribution < 1.29 is 0 Å². The van der Waals surface area contributed by atoms with E-state index >= 15 is 0 Å². The van der Waals surface area contributed by atoms with Crippen LogP contribution >= 0.6 is 23.1 Å². The van der Waals surface area contributed by atoms with Gasteiger partial charge in [0.05, 0.1) is 5.39 Å². The fourth-order valence-electron chi connectivity index (χ4n) is 2.91. The standard InChI is InChI=1S/C14H14N4OS2/c1-3-7-20-14-16-15-13-17(2)11(19)10-8-5-4-6-9(8)21-12(10)18(13)14/h3H,1,4-7H2,2H3. The molecule has 0 bridgehead atoms. The van der Waals surface area contributed by atoms with Crippen LogP contribution in [0.1, 0.15) is 16.9 Å². The van der Waals surface area contributed by atoms with Gasteiger partial charge in [-0.15, -0.1) is 28.1 Å². The van der Waals surface area contributed by atoms with Gasteiger partial charge in [-0.3, -0.25) is 9.36 Å². The van der Waals surface area contributed by atoms with E-state index in [0.29, 0.717) is 5.78 Å².